The predicted octanol–water partition coefficient (Wildman–Crippen LogP) is 2.78. The van der Waals surface area contributed by atoms with E-state index in [4.69, 9.17) is 16.3 Å². The number of likely N-dealkylation sites (tertiary alicyclic amines) is 1. The third kappa shape index (κ3) is 3.12. The highest BCUT2D eigenvalue weighted by molar-refractivity contribution is 6.38. The van der Waals surface area contributed by atoms with Gasteiger partial charge in [-0.1, -0.05) is 29.8 Å². The van der Waals surface area contributed by atoms with Crippen molar-refractivity contribution in [2.45, 2.75) is 18.9 Å². The van der Waals surface area contributed by atoms with Crippen LogP contribution in [0.1, 0.15) is 23.3 Å². The first-order valence-electron chi connectivity index (χ1n) is 7.50. The minimum Gasteiger partial charge on any atom is -0.453 e. The summed E-state index contributed by atoms with van der Waals surface area (Å²) < 4.78 is 4.70. The van der Waals surface area contributed by atoms with E-state index < -0.39 is 0 Å². The molecule has 0 spiro atoms. The molecule has 122 valence electrons. The zero-order chi connectivity index (χ0) is 16.4. The number of fused-ring (bicyclic) bond motifs is 1. The third-order valence-corrected chi connectivity index (χ3v) is 4.53. The molecule has 0 unspecified atom stereocenters. The van der Waals surface area contributed by atoms with Crippen LogP contribution in [0.5, 0.6) is 0 Å². The number of nitrogens with one attached hydrogen (secondary N) is 2. The second-order valence-electron chi connectivity index (χ2n) is 5.56. The maximum absolute atomic E-state index is 12.4. The Kier molecular flexibility index (Phi) is 4.43. The SMILES string of the molecule is COC(=O)N1CCC(NC(=O)c2[nH]c3ccccc3c2Cl)CC1. The first kappa shape index (κ1) is 15.7. The minimum absolute atomic E-state index is 0.0193. The van der Waals surface area contributed by atoms with Gasteiger partial charge >= 0.3 is 6.09 Å². The van der Waals surface area contributed by atoms with Crippen LogP contribution in [0.2, 0.25) is 5.02 Å². The number of ether oxygens (including phenoxy) is 1. The lowest BCUT2D eigenvalue weighted by molar-refractivity contribution is 0.0888. The summed E-state index contributed by atoms with van der Waals surface area (Å²) >= 11 is 6.29. The molecule has 2 aromatic rings. The molecule has 0 radical (unpaired) electrons. The largest absolute Gasteiger partial charge is 0.453 e. The van der Waals surface area contributed by atoms with Crippen LogP contribution in [0.3, 0.4) is 0 Å². The van der Waals surface area contributed by atoms with Crippen molar-refractivity contribution in [3.63, 3.8) is 0 Å². The van der Waals surface area contributed by atoms with Crippen LogP contribution < -0.4 is 5.32 Å². The standard InChI is InChI=1S/C16H18ClN3O3/c1-23-16(22)20-8-6-10(7-9-20)18-15(21)14-13(17)11-4-2-3-5-12(11)19-14/h2-5,10,19H,6-9H2,1H3,(H,18,21). The number of aromatic nitrogens is 1. The van der Waals surface area contributed by atoms with Gasteiger partial charge in [0.25, 0.3) is 5.91 Å². The van der Waals surface area contributed by atoms with Crippen molar-refractivity contribution < 1.29 is 14.3 Å². The zero-order valence-corrected chi connectivity index (χ0v) is 13.5. The van der Waals surface area contributed by atoms with Crippen LogP contribution in [0.25, 0.3) is 10.9 Å². The lowest BCUT2D eigenvalue weighted by Crippen LogP contribution is -2.46. The third-order valence-electron chi connectivity index (χ3n) is 4.13. The molecule has 1 aliphatic rings. The summed E-state index contributed by atoms with van der Waals surface area (Å²) in [5.41, 5.74) is 1.21. The fourth-order valence-corrected chi connectivity index (χ4v) is 3.16. The van der Waals surface area contributed by atoms with E-state index in [9.17, 15) is 9.59 Å². The van der Waals surface area contributed by atoms with Gasteiger partial charge in [-0.3, -0.25) is 4.79 Å². The number of hydrogen-bond acceptors (Lipinski definition) is 3. The van der Waals surface area contributed by atoms with Crippen molar-refractivity contribution >= 4 is 34.5 Å². The summed E-state index contributed by atoms with van der Waals surface area (Å²) in [6.07, 6.45) is 1.06. The summed E-state index contributed by atoms with van der Waals surface area (Å²) in [5, 5.41) is 4.25. The van der Waals surface area contributed by atoms with Gasteiger partial charge in [-0.15, -0.1) is 0 Å². The lowest BCUT2D eigenvalue weighted by Gasteiger charge is -2.31. The van der Waals surface area contributed by atoms with Crippen molar-refractivity contribution in [2.24, 2.45) is 0 Å². The molecule has 7 heteroatoms. The van der Waals surface area contributed by atoms with Crippen molar-refractivity contribution in [3.05, 3.63) is 35.0 Å². The molecule has 1 aromatic carbocycles. The Hall–Kier alpha value is -2.21. The van der Waals surface area contributed by atoms with E-state index >= 15 is 0 Å². The summed E-state index contributed by atoms with van der Waals surface area (Å²) in [6.45, 7) is 1.14. The van der Waals surface area contributed by atoms with Gasteiger partial charge in [0.1, 0.15) is 5.69 Å². The van der Waals surface area contributed by atoms with Gasteiger partial charge in [0.15, 0.2) is 0 Å². The molecule has 0 atom stereocenters. The molecule has 6 nitrogen and oxygen atoms in total. The van der Waals surface area contributed by atoms with Gasteiger partial charge in [-0.2, -0.15) is 0 Å². The van der Waals surface area contributed by atoms with Crippen molar-refractivity contribution in [2.75, 3.05) is 20.2 Å². The van der Waals surface area contributed by atoms with Crippen LogP contribution in [0.15, 0.2) is 24.3 Å². The van der Waals surface area contributed by atoms with Gasteiger partial charge in [0.2, 0.25) is 0 Å². The number of piperidine rings is 1. The summed E-state index contributed by atoms with van der Waals surface area (Å²) in [7, 11) is 1.37. The second-order valence-corrected chi connectivity index (χ2v) is 5.94. The van der Waals surface area contributed by atoms with Crippen LogP contribution in [0, 0.1) is 0 Å². The van der Waals surface area contributed by atoms with E-state index in [-0.39, 0.29) is 18.0 Å². The van der Waals surface area contributed by atoms with Crippen molar-refractivity contribution in [1.82, 2.24) is 15.2 Å². The molecule has 2 amide bonds. The molecule has 1 fully saturated rings. The number of halogens is 1. The van der Waals surface area contributed by atoms with E-state index in [2.05, 4.69) is 10.3 Å². The molecule has 1 aromatic heterocycles. The Morgan fingerprint density at radius 1 is 1.30 bits per heavy atom. The maximum Gasteiger partial charge on any atom is 0.409 e. The first-order valence-corrected chi connectivity index (χ1v) is 7.88. The molecule has 0 saturated carbocycles. The molecule has 3 rings (SSSR count). The van der Waals surface area contributed by atoms with E-state index in [1.165, 1.54) is 7.11 Å². The average molecular weight is 336 g/mol. The number of nitrogens with zero attached hydrogens (tertiary/aromatic N) is 1. The predicted molar refractivity (Wildman–Crippen MR) is 87.8 cm³/mol. The van der Waals surface area contributed by atoms with Gasteiger partial charge in [0, 0.05) is 30.0 Å². The fraction of sp³-hybridized carbons (Fsp3) is 0.375. The van der Waals surface area contributed by atoms with E-state index in [0.29, 0.717) is 36.6 Å². The normalized spacial score (nSPS) is 15.7. The number of H-pyrrole nitrogens is 1. The van der Waals surface area contributed by atoms with Gasteiger partial charge in [-0.05, 0) is 18.9 Å². The number of carbonyl (C=O) groups excluding carboxylic acids is 2. The highest BCUT2D eigenvalue weighted by atomic mass is 35.5. The van der Waals surface area contributed by atoms with Crippen LogP contribution in [0.4, 0.5) is 4.79 Å². The summed E-state index contributed by atoms with van der Waals surface area (Å²) in [4.78, 5) is 28.6. The van der Waals surface area contributed by atoms with Crippen LogP contribution >= 0.6 is 11.6 Å². The summed E-state index contributed by atoms with van der Waals surface area (Å²) in [5.74, 6) is -0.220. The molecule has 2 heterocycles. The topological polar surface area (TPSA) is 74.4 Å². The molecular formula is C16H18ClN3O3. The highest BCUT2D eigenvalue weighted by Crippen LogP contribution is 2.27. The second kappa shape index (κ2) is 6.50. The molecular weight excluding hydrogens is 318 g/mol. The van der Waals surface area contributed by atoms with Crippen molar-refractivity contribution in [1.29, 1.82) is 0 Å². The highest BCUT2D eigenvalue weighted by Gasteiger charge is 2.25. The number of hydrogen-bond donors (Lipinski definition) is 2. The zero-order valence-electron chi connectivity index (χ0n) is 12.8. The number of rotatable bonds is 2. The fourth-order valence-electron chi connectivity index (χ4n) is 2.86. The maximum atomic E-state index is 12.4. The number of para-hydroxylation sites is 1. The number of amides is 2. The molecule has 1 aliphatic heterocycles. The Bertz CT molecular complexity index is 735. The number of benzene rings is 1. The lowest BCUT2D eigenvalue weighted by atomic mass is 10.1. The summed E-state index contributed by atoms with van der Waals surface area (Å²) in [6, 6.07) is 7.55. The van der Waals surface area contributed by atoms with E-state index in [1.807, 2.05) is 24.3 Å². The van der Waals surface area contributed by atoms with E-state index in [1.54, 1.807) is 4.90 Å². The van der Waals surface area contributed by atoms with Crippen LogP contribution in [-0.2, 0) is 4.74 Å². The Labute approximate surface area is 138 Å². The molecule has 1 saturated heterocycles. The number of carbonyl (C=O) groups is 2. The first-order chi connectivity index (χ1) is 11.1. The van der Waals surface area contributed by atoms with Gasteiger partial charge < -0.3 is 19.9 Å². The Balaban J connectivity index is 1.65. The van der Waals surface area contributed by atoms with Gasteiger partial charge in [0.05, 0.1) is 12.1 Å². The van der Waals surface area contributed by atoms with Gasteiger partial charge in [-0.25, -0.2) is 4.79 Å². The smallest absolute Gasteiger partial charge is 0.409 e. The Morgan fingerprint density at radius 3 is 2.65 bits per heavy atom. The van der Waals surface area contributed by atoms with E-state index in [0.717, 1.165) is 10.9 Å². The molecule has 0 aliphatic carbocycles. The average Bonchev–Trinajstić information content (AvgIpc) is 2.92. The monoisotopic (exact) mass is 335 g/mol. The molecule has 23 heavy (non-hydrogen) atoms. The number of methoxy groups -OCH3 is 1. The minimum atomic E-state index is -0.326. The number of aromatic amines is 1. The molecule has 0 bridgehead atoms. The van der Waals surface area contributed by atoms with Crippen LogP contribution in [-0.4, -0.2) is 48.1 Å². The molecule has 2 N–H and O–H groups in total. The Morgan fingerprint density at radius 2 is 2.00 bits per heavy atom. The van der Waals surface area contributed by atoms with Crippen molar-refractivity contribution in [3.8, 4) is 0 Å². The quantitative estimate of drug-likeness (QED) is 0.886.